The summed E-state index contributed by atoms with van der Waals surface area (Å²) in [6.45, 7) is 0. The van der Waals surface area contributed by atoms with Gasteiger partial charge in [-0.15, -0.1) is 0 Å². The topological polar surface area (TPSA) is 85.1 Å². The van der Waals surface area contributed by atoms with E-state index in [2.05, 4.69) is 10.3 Å². The largest absolute Gasteiger partial charge is 0.416 e. The van der Waals surface area contributed by atoms with Crippen LogP contribution >= 0.6 is 0 Å². The molecule has 3 aromatic rings. The molecule has 0 spiro atoms. The molecule has 1 heterocycles. The number of para-hydroxylation sites is 1. The third kappa shape index (κ3) is 4.46. The number of rotatable bonds is 5. The van der Waals surface area contributed by atoms with Gasteiger partial charge in [-0.25, -0.2) is 0 Å². The van der Waals surface area contributed by atoms with Crippen LogP contribution in [0.1, 0.15) is 21.5 Å². The van der Waals surface area contributed by atoms with Crippen LogP contribution in [0.2, 0.25) is 0 Å². The van der Waals surface area contributed by atoms with Gasteiger partial charge in [-0.05, 0) is 29.8 Å². The predicted octanol–water partition coefficient (Wildman–Crippen LogP) is 3.08. The lowest BCUT2D eigenvalue weighted by molar-refractivity contribution is -0.137. The van der Waals surface area contributed by atoms with E-state index in [1.165, 1.54) is 18.3 Å². The van der Waals surface area contributed by atoms with Crippen LogP contribution in [0.15, 0.2) is 60.8 Å². The van der Waals surface area contributed by atoms with Crippen molar-refractivity contribution in [3.63, 3.8) is 0 Å². The number of hydrogen-bond donors (Lipinski definition) is 2. The van der Waals surface area contributed by atoms with E-state index in [9.17, 15) is 22.8 Å². The molecule has 144 valence electrons. The van der Waals surface area contributed by atoms with Crippen LogP contribution in [0.4, 0.5) is 13.2 Å². The van der Waals surface area contributed by atoms with Gasteiger partial charge in [0.25, 0.3) is 5.91 Å². The van der Waals surface area contributed by atoms with E-state index in [1.807, 2.05) is 12.1 Å². The molecule has 0 aliphatic carbocycles. The summed E-state index contributed by atoms with van der Waals surface area (Å²) in [6, 6.07) is 12.1. The highest BCUT2D eigenvalue weighted by atomic mass is 19.4. The lowest BCUT2D eigenvalue weighted by Crippen LogP contribution is -2.45. The Bertz CT molecular complexity index is 1020. The number of pyridine rings is 1. The summed E-state index contributed by atoms with van der Waals surface area (Å²) in [4.78, 5) is 28.4. The van der Waals surface area contributed by atoms with E-state index in [0.29, 0.717) is 5.56 Å². The average Bonchev–Trinajstić information content (AvgIpc) is 2.66. The molecule has 28 heavy (non-hydrogen) atoms. The smallest absolute Gasteiger partial charge is 0.368 e. The van der Waals surface area contributed by atoms with Crippen LogP contribution in [0, 0.1) is 0 Å². The van der Waals surface area contributed by atoms with Gasteiger partial charge in [-0.1, -0.05) is 30.3 Å². The summed E-state index contributed by atoms with van der Waals surface area (Å²) in [7, 11) is 0. The van der Waals surface area contributed by atoms with Crippen LogP contribution in [-0.4, -0.2) is 22.8 Å². The monoisotopic (exact) mass is 387 g/mol. The maximum atomic E-state index is 12.6. The highest BCUT2D eigenvalue weighted by molar-refractivity contribution is 5.99. The highest BCUT2D eigenvalue weighted by Gasteiger charge is 2.30. The molecule has 0 saturated heterocycles. The van der Waals surface area contributed by atoms with Gasteiger partial charge in [-0.2, -0.15) is 13.2 Å². The fourth-order valence-corrected chi connectivity index (χ4v) is 2.73. The minimum atomic E-state index is -4.45. The number of carbonyl (C=O) groups is 2. The summed E-state index contributed by atoms with van der Waals surface area (Å²) in [5, 5.41) is 3.27. The molecule has 0 unspecified atom stereocenters. The number of halogens is 3. The van der Waals surface area contributed by atoms with E-state index in [1.54, 1.807) is 18.2 Å². The molecule has 0 aliphatic rings. The maximum absolute atomic E-state index is 12.6. The lowest BCUT2D eigenvalue weighted by Gasteiger charge is -2.16. The minimum absolute atomic E-state index is 0.0276. The van der Waals surface area contributed by atoms with Crippen LogP contribution in [0.25, 0.3) is 10.9 Å². The van der Waals surface area contributed by atoms with Crippen molar-refractivity contribution in [1.29, 1.82) is 0 Å². The van der Waals surface area contributed by atoms with Crippen molar-refractivity contribution >= 4 is 22.7 Å². The summed E-state index contributed by atoms with van der Waals surface area (Å²) in [5.74, 6) is -1.34. The number of primary amides is 1. The lowest BCUT2D eigenvalue weighted by atomic mass is 10.0. The molecule has 0 bridgehead atoms. The molecule has 1 atom stereocenters. The maximum Gasteiger partial charge on any atom is 0.416 e. The van der Waals surface area contributed by atoms with Gasteiger partial charge in [-0.3, -0.25) is 14.6 Å². The Morgan fingerprint density at radius 1 is 1.07 bits per heavy atom. The first-order chi connectivity index (χ1) is 13.2. The van der Waals surface area contributed by atoms with Gasteiger partial charge >= 0.3 is 6.18 Å². The van der Waals surface area contributed by atoms with E-state index in [-0.39, 0.29) is 12.0 Å². The van der Waals surface area contributed by atoms with Gasteiger partial charge < -0.3 is 11.1 Å². The van der Waals surface area contributed by atoms with Crippen LogP contribution < -0.4 is 11.1 Å². The fraction of sp³-hybridized carbons (Fsp3) is 0.150. The van der Waals surface area contributed by atoms with Gasteiger partial charge in [0.2, 0.25) is 5.91 Å². The molecule has 0 aliphatic heterocycles. The standard InChI is InChI=1S/C20H16F3N3O2/c21-20(22,23)15-7-5-12(6-8-15)9-17(18(24)27)26-19(28)14-10-13-3-1-2-4-16(13)25-11-14/h1-8,10-11,17H,9H2,(H2,24,27)(H,26,28)/t17-/m1/s1. The molecule has 2 amide bonds. The summed E-state index contributed by atoms with van der Waals surface area (Å²) in [6.07, 6.45) is -3.09. The number of nitrogens with one attached hydrogen (secondary N) is 1. The molecule has 8 heteroatoms. The third-order valence-electron chi connectivity index (χ3n) is 4.22. The van der Waals surface area contributed by atoms with Crippen molar-refractivity contribution < 1.29 is 22.8 Å². The Hall–Kier alpha value is -3.42. The normalized spacial score (nSPS) is 12.5. The second kappa shape index (κ2) is 7.67. The number of carbonyl (C=O) groups excluding carboxylic acids is 2. The third-order valence-corrected chi connectivity index (χ3v) is 4.22. The van der Waals surface area contributed by atoms with Gasteiger partial charge in [0.1, 0.15) is 6.04 Å². The van der Waals surface area contributed by atoms with E-state index < -0.39 is 29.6 Å². The quantitative estimate of drug-likeness (QED) is 0.706. The minimum Gasteiger partial charge on any atom is -0.368 e. The molecule has 1 aromatic heterocycles. The zero-order valence-electron chi connectivity index (χ0n) is 14.5. The Morgan fingerprint density at radius 3 is 2.39 bits per heavy atom. The van der Waals surface area contributed by atoms with Crippen molar-refractivity contribution in [2.75, 3.05) is 0 Å². The van der Waals surface area contributed by atoms with Gasteiger partial charge in [0.15, 0.2) is 0 Å². The Labute approximate surface area is 158 Å². The first-order valence-electron chi connectivity index (χ1n) is 8.35. The molecule has 3 rings (SSSR count). The molecule has 3 N–H and O–H groups in total. The van der Waals surface area contributed by atoms with E-state index in [4.69, 9.17) is 5.73 Å². The molecular formula is C20H16F3N3O2. The molecular weight excluding hydrogens is 371 g/mol. The fourth-order valence-electron chi connectivity index (χ4n) is 2.73. The average molecular weight is 387 g/mol. The number of benzene rings is 2. The zero-order valence-corrected chi connectivity index (χ0v) is 14.5. The number of alkyl halides is 3. The zero-order chi connectivity index (χ0) is 20.3. The molecule has 2 aromatic carbocycles. The second-order valence-electron chi connectivity index (χ2n) is 6.24. The molecule has 5 nitrogen and oxygen atoms in total. The van der Waals surface area contributed by atoms with Crippen molar-refractivity contribution in [2.45, 2.75) is 18.6 Å². The van der Waals surface area contributed by atoms with E-state index in [0.717, 1.165) is 23.0 Å². The number of fused-ring (bicyclic) bond motifs is 1. The Balaban J connectivity index is 1.75. The summed E-state index contributed by atoms with van der Waals surface area (Å²) < 4.78 is 37.9. The Morgan fingerprint density at radius 2 is 1.75 bits per heavy atom. The summed E-state index contributed by atoms with van der Waals surface area (Å²) in [5.41, 5.74) is 5.96. The second-order valence-corrected chi connectivity index (χ2v) is 6.24. The highest BCUT2D eigenvalue weighted by Crippen LogP contribution is 2.29. The number of hydrogen-bond acceptors (Lipinski definition) is 3. The predicted molar refractivity (Wildman–Crippen MR) is 97.3 cm³/mol. The van der Waals surface area contributed by atoms with Crippen LogP contribution in [0.5, 0.6) is 0 Å². The van der Waals surface area contributed by atoms with Crippen molar-refractivity contribution in [2.24, 2.45) is 5.73 Å². The van der Waals surface area contributed by atoms with Gasteiger partial charge in [0.05, 0.1) is 16.6 Å². The van der Waals surface area contributed by atoms with Crippen molar-refractivity contribution in [3.8, 4) is 0 Å². The van der Waals surface area contributed by atoms with Crippen molar-refractivity contribution in [1.82, 2.24) is 10.3 Å². The molecule has 0 radical (unpaired) electrons. The molecule has 0 fully saturated rings. The Kier molecular flexibility index (Phi) is 5.30. The van der Waals surface area contributed by atoms with Crippen molar-refractivity contribution in [3.05, 3.63) is 77.5 Å². The number of nitrogens with two attached hydrogens (primary N) is 1. The SMILES string of the molecule is NC(=O)[C@@H](Cc1ccc(C(F)(F)F)cc1)NC(=O)c1cnc2ccccc2c1. The number of amides is 2. The van der Waals surface area contributed by atoms with Crippen LogP contribution in [0.3, 0.4) is 0 Å². The summed E-state index contributed by atoms with van der Waals surface area (Å²) >= 11 is 0. The first kappa shape index (κ1) is 19.3. The first-order valence-corrected chi connectivity index (χ1v) is 8.35. The number of nitrogens with zero attached hydrogens (tertiary/aromatic N) is 1. The van der Waals surface area contributed by atoms with Gasteiger partial charge in [0, 0.05) is 18.0 Å². The molecule has 0 saturated carbocycles. The number of aromatic nitrogens is 1. The van der Waals surface area contributed by atoms with Crippen LogP contribution in [-0.2, 0) is 17.4 Å². The van der Waals surface area contributed by atoms with E-state index >= 15 is 0 Å².